The van der Waals surface area contributed by atoms with Crippen LogP contribution in [0, 0.1) is 0 Å². The monoisotopic (exact) mass is 404 g/mol. The van der Waals surface area contributed by atoms with Gasteiger partial charge < -0.3 is 9.42 Å². The zero-order chi connectivity index (χ0) is 20.6. The molecule has 6 nitrogen and oxygen atoms in total. The normalized spacial score (nSPS) is 17.7. The number of amides is 1. The second-order valence-electron chi connectivity index (χ2n) is 7.09. The second-order valence-corrected chi connectivity index (χ2v) is 7.09. The van der Waals surface area contributed by atoms with Crippen LogP contribution in [0.2, 0.25) is 0 Å². The summed E-state index contributed by atoms with van der Waals surface area (Å²) in [5.41, 5.74) is 0.0628. The Hall–Kier alpha value is -2.97. The van der Waals surface area contributed by atoms with Crippen molar-refractivity contribution in [2.45, 2.75) is 38.3 Å². The van der Waals surface area contributed by atoms with Gasteiger partial charge in [-0.3, -0.25) is 9.78 Å². The molecule has 0 spiro atoms. The zero-order valence-electron chi connectivity index (χ0n) is 15.7. The molecule has 1 aliphatic heterocycles. The summed E-state index contributed by atoms with van der Waals surface area (Å²) in [4.78, 5) is 22.5. The summed E-state index contributed by atoms with van der Waals surface area (Å²) >= 11 is 0. The Kier molecular flexibility index (Phi) is 4.97. The lowest BCUT2D eigenvalue weighted by atomic mass is 9.91. The number of halogens is 3. The lowest BCUT2D eigenvalue weighted by Gasteiger charge is -2.32. The molecule has 0 saturated carbocycles. The highest BCUT2D eigenvalue weighted by molar-refractivity contribution is 5.94. The van der Waals surface area contributed by atoms with Crippen molar-refractivity contribution in [2.24, 2.45) is 0 Å². The standard InChI is InChI=1S/C20H19F3N4O2/c1-2-14-9-15(20(21,22)23)16-17(26-29-18(16)25-14)13-6-4-8-27(11-13)19(28)12-5-3-7-24-10-12/h3,5,7,9-10,13H,2,4,6,8,11H2,1H3/t13-/m1/s1. The van der Waals surface area contributed by atoms with Crippen LogP contribution < -0.4 is 0 Å². The third-order valence-electron chi connectivity index (χ3n) is 5.20. The average Bonchev–Trinajstić information content (AvgIpc) is 3.16. The maximum absolute atomic E-state index is 13.7. The van der Waals surface area contributed by atoms with Crippen molar-refractivity contribution >= 4 is 17.0 Å². The quantitative estimate of drug-likeness (QED) is 0.654. The van der Waals surface area contributed by atoms with E-state index in [1.54, 1.807) is 30.2 Å². The van der Waals surface area contributed by atoms with Gasteiger partial charge in [0.2, 0.25) is 0 Å². The highest BCUT2D eigenvalue weighted by Gasteiger charge is 2.38. The smallest absolute Gasteiger partial charge is 0.338 e. The Morgan fingerprint density at radius 2 is 2.21 bits per heavy atom. The molecule has 0 N–H and O–H groups in total. The summed E-state index contributed by atoms with van der Waals surface area (Å²) in [6.45, 7) is 2.53. The molecule has 3 aromatic rings. The Morgan fingerprint density at radius 1 is 1.38 bits per heavy atom. The summed E-state index contributed by atoms with van der Waals surface area (Å²) in [5, 5.41) is 3.85. The van der Waals surface area contributed by atoms with Crippen LogP contribution in [0.1, 0.15) is 53.0 Å². The molecule has 1 atom stereocenters. The van der Waals surface area contributed by atoms with Crippen molar-refractivity contribution in [3.05, 3.63) is 53.1 Å². The van der Waals surface area contributed by atoms with Gasteiger partial charge in [-0.1, -0.05) is 12.1 Å². The van der Waals surface area contributed by atoms with Gasteiger partial charge in [0.15, 0.2) is 0 Å². The second kappa shape index (κ2) is 7.46. The van der Waals surface area contributed by atoms with Crippen molar-refractivity contribution in [3.8, 4) is 0 Å². The highest BCUT2D eigenvalue weighted by Crippen LogP contribution is 2.40. The molecule has 0 bridgehead atoms. The fourth-order valence-electron chi connectivity index (χ4n) is 3.76. The van der Waals surface area contributed by atoms with Gasteiger partial charge in [0.1, 0.15) is 0 Å². The van der Waals surface area contributed by atoms with Gasteiger partial charge in [0, 0.05) is 37.1 Å². The summed E-state index contributed by atoms with van der Waals surface area (Å²) in [5.74, 6) is -0.556. The number of rotatable bonds is 3. The molecule has 4 heterocycles. The molecule has 1 saturated heterocycles. The first-order chi connectivity index (χ1) is 13.9. The summed E-state index contributed by atoms with van der Waals surface area (Å²) < 4.78 is 46.3. The zero-order valence-corrected chi connectivity index (χ0v) is 15.7. The summed E-state index contributed by atoms with van der Waals surface area (Å²) in [6, 6.07) is 4.40. The van der Waals surface area contributed by atoms with E-state index in [-0.39, 0.29) is 35.2 Å². The number of alkyl halides is 3. The molecule has 0 unspecified atom stereocenters. The van der Waals surface area contributed by atoms with Crippen LogP contribution in [0.5, 0.6) is 0 Å². The number of piperidine rings is 1. The van der Waals surface area contributed by atoms with Gasteiger partial charge in [-0.15, -0.1) is 0 Å². The van der Waals surface area contributed by atoms with E-state index < -0.39 is 11.7 Å². The first-order valence-electron chi connectivity index (χ1n) is 9.44. The molecule has 0 aromatic carbocycles. The third-order valence-corrected chi connectivity index (χ3v) is 5.20. The number of nitrogens with zero attached hydrogens (tertiary/aromatic N) is 4. The first-order valence-corrected chi connectivity index (χ1v) is 9.44. The summed E-state index contributed by atoms with van der Waals surface area (Å²) in [6.07, 6.45) is 0.137. The number of fused-ring (bicyclic) bond motifs is 1. The van der Waals surface area contributed by atoms with Crippen LogP contribution in [-0.4, -0.2) is 39.0 Å². The van der Waals surface area contributed by atoms with Crippen LogP contribution in [0.15, 0.2) is 35.1 Å². The Balaban J connectivity index is 1.70. The minimum absolute atomic E-state index is 0.102. The van der Waals surface area contributed by atoms with Crippen LogP contribution >= 0.6 is 0 Å². The van der Waals surface area contributed by atoms with Crippen molar-refractivity contribution in [1.82, 2.24) is 20.0 Å². The molecule has 1 fully saturated rings. The first kappa shape index (κ1) is 19.4. The third kappa shape index (κ3) is 3.68. The lowest BCUT2D eigenvalue weighted by Crippen LogP contribution is -2.39. The number of aromatic nitrogens is 3. The van der Waals surface area contributed by atoms with Gasteiger partial charge in [-0.05, 0) is 37.5 Å². The molecule has 3 aromatic heterocycles. The molecule has 4 rings (SSSR count). The molecule has 1 amide bonds. The Morgan fingerprint density at radius 3 is 2.90 bits per heavy atom. The van der Waals surface area contributed by atoms with E-state index in [0.29, 0.717) is 37.1 Å². The molecular weight excluding hydrogens is 385 g/mol. The molecule has 0 aliphatic carbocycles. The van der Waals surface area contributed by atoms with E-state index in [9.17, 15) is 18.0 Å². The van der Waals surface area contributed by atoms with Crippen molar-refractivity contribution in [2.75, 3.05) is 13.1 Å². The van der Waals surface area contributed by atoms with Gasteiger partial charge in [-0.25, -0.2) is 4.98 Å². The largest absolute Gasteiger partial charge is 0.417 e. The molecular formula is C20H19F3N4O2. The maximum Gasteiger partial charge on any atom is 0.417 e. The van der Waals surface area contributed by atoms with E-state index in [1.165, 1.54) is 6.20 Å². The average molecular weight is 404 g/mol. The van der Waals surface area contributed by atoms with Gasteiger partial charge >= 0.3 is 6.18 Å². The molecule has 0 radical (unpaired) electrons. The van der Waals surface area contributed by atoms with Crippen LogP contribution in [0.3, 0.4) is 0 Å². The lowest BCUT2D eigenvalue weighted by molar-refractivity contribution is -0.136. The van der Waals surface area contributed by atoms with E-state index in [0.717, 1.165) is 6.07 Å². The summed E-state index contributed by atoms with van der Waals surface area (Å²) in [7, 11) is 0. The number of hydrogen-bond donors (Lipinski definition) is 0. The van der Waals surface area contributed by atoms with E-state index >= 15 is 0 Å². The molecule has 9 heteroatoms. The van der Waals surface area contributed by atoms with Crippen molar-refractivity contribution in [3.63, 3.8) is 0 Å². The van der Waals surface area contributed by atoms with Crippen LogP contribution in [0.25, 0.3) is 11.1 Å². The molecule has 152 valence electrons. The van der Waals surface area contributed by atoms with Gasteiger partial charge in [-0.2, -0.15) is 13.2 Å². The van der Waals surface area contributed by atoms with Crippen LogP contribution in [-0.2, 0) is 12.6 Å². The predicted molar refractivity (Wildman–Crippen MR) is 98.3 cm³/mol. The minimum atomic E-state index is -4.55. The maximum atomic E-state index is 13.7. The number of hydrogen-bond acceptors (Lipinski definition) is 5. The number of carbonyl (C=O) groups is 1. The van der Waals surface area contributed by atoms with Crippen LogP contribution in [0.4, 0.5) is 13.2 Å². The van der Waals surface area contributed by atoms with Crippen molar-refractivity contribution < 1.29 is 22.5 Å². The Labute approximate surface area is 164 Å². The number of likely N-dealkylation sites (tertiary alicyclic amines) is 1. The Bertz CT molecular complexity index is 1030. The fourth-order valence-corrected chi connectivity index (χ4v) is 3.76. The highest BCUT2D eigenvalue weighted by atomic mass is 19.4. The number of carbonyl (C=O) groups excluding carboxylic acids is 1. The van der Waals surface area contributed by atoms with Crippen molar-refractivity contribution in [1.29, 1.82) is 0 Å². The van der Waals surface area contributed by atoms with E-state index in [2.05, 4.69) is 15.1 Å². The van der Waals surface area contributed by atoms with Gasteiger partial charge in [0.05, 0.1) is 22.2 Å². The number of pyridine rings is 2. The number of aryl methyl sites for hydroxylation is 1. The van der Waals surface area contributed by atoms with E-state index in [4.69, 9.17) is 4.52 Å². The SMILES string of the molecule is CCc1cc(C(F)(F)F)c2c([C@@H]3CCCN(C(=O)c4cccnc4)C3)noc2n1. The fraction of sp³-hybridized carbons (Fsp3) is 0.400. The minimum Gasteiger partial charge on any atom is -0.338 e. The van der Waals surface area contributed by atoms with E-state index in [1.807, 2.05) is 0 Å². The molecule has 29 heavy (non-hydrogen) atoms. The van der Waals surface area contributed by atoms with Gasteiger partial charge in [0.25, 0.3) is 11.6 Å². The topological polar surface area (TPSA) is 72.1 Å². The molecule has 1 aliphatic rings. The predicted octanol–water partition coefficient (Wildman–Crippen LogP) is 4.22.